The third kappa shape index (κ3) is 4.96. The molecule has 0 fully saturated rings. The van der Waals surface area contributed by atoms with Crippen LogP contribution in [0.3, 0.4) is 0 Å². The van der Waals surface area contributed by atoms with Crippen LogP contribution in [0.5, 0.6) is 0 Å². The van der Waals surface area contributed by atoms with Crippen LogP contribution in [0.15, 0.2) is 11.5 Å². The van der Waals surface area contributed by atoms with Gasteiger partial charge >= 0.3 is 0 Å². The molecule has 1 aliphatic rings. The fraction of sp³-hybridized carbons (Fsp3) is 0.500. The highest BCUT2D eigenvalue weighted by Gasteiger charge is 2.24. The third-order valence-corrected chi connectivity index (χ3v) is 3.44. The quantitative estimate of drug-likeness (QED) is 0.706. The Kier molecular flexibility index (Phi) is 5.64. The first-order chi connectivity index (χ1) is 8.13. The van der Waals surface area contributed by atoms with Crippen molar-refractivity contribution in [2.75, 3.05) is 6.54 Å². The van der Waals surface area contributed by atoms with E-state index in [1.54, 1.807) is 11.8 Å². The minimum atomic E-state index is -0.502. The van der Waals surface area contributed by atoms with Gasteiger partial charge in [0.25, 0.3) is 0 Å². The van der Waals surface area contributed by atoms with Gasteiger partial charge in [0, 0.05) is 12.2 Å². The van der Waals surface area contributed by atoms with Crippen LogP contribution in [0.25, 0.3) is 0 Å². The van der Waals surface area contributed by atoms with Gasteiger partial charge in [-0.05, 0) is 18.2 Å². The molecule has 2 N–H and O–H groups in total. The van der Waals surface area contributed by atoms with E-state index >= 15 is 0 Å². The van der Waals surface area contributed by atoms with E-state index in [1.165, 1.54) is 6.92 Å². The van der Waals surface area contributed by atoms with Crippen LogP contribution in [0.4, 0.5) is 0 Å². The van der Waals surface area contributed by atoms with Gasteiger partial charge in [0.2, 0.25) is 11.8 Å². The molecule has 0 saturated heterocycles. The number of carbonyl (C=O) groups is 2. The van der Waals surface area contributed by atoms with Gasteiger partial charge in [-0.1, -0.05) is 12.0 Å². The lowest BCUT2D eigenvalue weighted by molar-refractivity contribution is -0.128. The highest BCUT2D eigenvalue weighted by molar-refractivity contribution is 8.03. The van der Waals surface area contributed by atoms with Crippen LogP contribution in [0, 0.1) is 12.3 Å². The van der Waals surface area contributed by atoms with Crippen molar-refractivity contribution < 1.29 is 9.59 Å². The summed E-state index contributed by atoms with van der Waals surface area (Å²) in [5.74, 6) is 1.91. The van der Waals surface area contributed by atoms with Crippen molar-refractivity contribution in [3.05, 3.63) is 11.5 Å². The second-order valence-electron chi connectivity index (χ2n) is 3.78. The molecular formula is C12H16N2O2S. The standard InChI is InChI=1S/C12H16N2O2S/c1-3-6-13-12(16)11(14-9(2)15)8-10-5-4-7-17-10/h1,4,7,10-11H,5-6,8H2,2H3,(H,13,16)(H,14,15)/t10?,11-/m0/s1. The first kappa shape index (κ1) is 13.7. The summed E-state index contributed by atoms with van der Waals surface area (Å²) in [6.07, 6.45) is 8.70. The zero-order valence-corrected chi connectivity index (χ0v) is 10.5. The molecule has 1 heterocycles. The van der Waals surface area contributed by atoms with E-state index in [-0.39, 0.29) is 18.4 Å². The van der Waals surface area contributed by atoms with Gasteiger partial charge in [-0.2, -0.15) is 0 Å². The predicted molar refractivity (Wildman–Crippen MR) is 69.2 cm³/mol. The fourth-order valence-electron chi connectivity index (χ4n) is 1.58. The first-order valence-corrected chi connectivity index (χ1v) is 6.36. The first-order valence-electron chi connectivity index (χ1n) is 5.42. The van der Waals surface area contributed by atoms with E-state index in [4.69, 9.17) is 6.42 Å². The lowest BCUT2D eigenvalue weighted by atomic mass is 10.1. The van der Waals surface area contributed by atoms with Gasteiger partial charge in [-0.15, -0.1) is 18.2 Å². The Labute approximate surface area is 106 Å². The summed E-state index contributed by atoms with van der Waals surface area (Å²) in [5.41, 5.74) is 0. The van der Waals surface area contributed by atoms with Gasteiger partial charge in [-0.25, -0.2) is 0 Å². The Morgan fingerprint density at radius 1 is 1.65 bits per heavy atom. The average molecular weight is 252 g/mol. The molecule has 92 valence electrons. The molecule has 1 rings (SSSR count). The number of hydrogen-bond donors (Lipinski definition) is 2. The summed E-state index contributed by atoms with van der Waals surface area (Å²) in [6, 6.07) is -0.502. The molecule has 0 saturated carbocycles. The Morgan fingerprint density at radius 2 is 2.41 bits per heavy atom. The van der Waals surface area contributed by atoms with Crippen molar-refractivity contribution >= 4 is 23.6 Å². The van der Waals surface area contributed by atoms with Crippen LogP contribution in [-0.4, -0.2) is 29.7 Å². The zero-order valence-electron chi connectivity index (χ0n) is 9.73. The number of carbonyl (C=O) groups excluding carboxylic acids is 2. The Morgan fingerprint density at radius 3 is 2.94 bits per heavy atom. The molecule has 2 atom stereocenters. The van der Waals surface area contributed by atoms with Crippen LogP contribution in [-0.2, 0) is 9.59 Å². The number of nitrogens with one attached hydrogen (secondary N) is 2. The molecule has 0 spiro atoms. The second kappa shape index (κ2) is 7.02. The van der Waals surface area contributed by atoms with Crippen molar-refractivity contribution in [1.82, 2.24) is 10.6 Å². The Bertz CT molecular complexity index is 352. The second-order valence-corrected chi connectivity index (χ2v) is 4.99. The topological polar surface area (TPSA) is 58.2 Å². The normalized spacial score (nSPS) is 19.4. The van der Waals surface area contributed by atoms with Crippen molar-refractivity contribution in [3.8, 4) is 12.3 Å². The van der Waals surface area contributed by atoms with E-state index in [9.17, 15) is 9.59 Å². The minimum absolute atomic E-state index is 0.185. The van der Waals surface area contributed by atoms with E-state index in [1.807, 2.05) is 5.41 Å². The van der Waals surface area contributed by atoms with Crippen molar-refractivity contribution in [1.29, 1.82) is 0 Å². The molecule has 0 aromatic carbocycles. The number of rotatable bonds is 5. The molecule has 0 aromatic rings. The highest BCUT2D eigenvalue weighted by atomic mass is 32.2. The number of hydrogen-bond acceptors (Lipinski definition) is 3. The molecule has 2 amide bonds. The number of amides is 2. The molecule has 1 unspecified atom stereocenters. The maximum Gasteiger partial charge on any atom is 0.243 e. The predicted octanol–water partition coefficient (Wildman–Crippen LogP) is 0.650. The molecular weight excluding hydrogens is 236 g/mol. The summed E-state index contributed by atoms with van der Waals surface area (Å²) in [6.45, 7) is 1.59. The summed E-state index contributed by atoms with van der Waals surface area (Å²) in [7, 11) is 0. The van der Waals surface area contributed by atoms with Gasteiger partial charge < -0.3 is 10.6 Å². The fourth-order valence-corrected chi connectivity index (χ4v) is 2.55. The van der Waals surface area contributed by atoms with Gasteiger partial charge in [0.15, 0.2) is 0 Å². The molecule has 5 heteroatoms. The van der Waals surface area contributed by atoms with Gasteiger partial charge in [0.1, 0.15) is 6.04 Å². The van der Waals surface area contributed by atoms with Crippen LogP contribution in [0.2, 0.25) is 0 Å². The van der Waals surface area contributed by atoms with Gasteiger partial charge in [0.05, 0.1) is 6.54 Å². The molecule has 17 heavy (non-hydrogen) atoms. The van der Waals surface area contributed by atoms with Crippen molar-refractivity contribution in [2.45, 2.75) is 31.1 Å². The van der Waals surface area contributed by atoms with E-state index < -0.39 is 6.04 Å². The smallest absolute Gasteiger partial charge is 0.243 e. The van der Waals surface area contributed by atoms with Crippen molar-refractivity contribution in [3.63, 3.8) is 0 Å². The zero-order chi connectivity index (χ0) is 12.7. The lowest BCUT2D eigenvalue weighted by Gasteiger charge is -2.19. The molecule has 0 bridgehead atoms. The van der Waals surface area contributed by atoms with Crippen molar-refractivity contribution in [2.24, 2.45) is 0 Å². The summed E-state index contributed by atoms with van der Waals surface area (Å²) in [4.78, 5) is 22.8. The van der Waals surface area contributed by atoms with Crippen LogP contribution in [0.1, 0.15) is 19.8 Å². The highest BCUT2D eigenvalue weighted by Crippen LogP contribution is 2.27. The van der Waals surface area contributed by atoms with E-state index in [0.29, 0.717) is 11.7 Å². The number of allylic oxidation sites excluding steroid dienone is 1. The Balaban J connectivity index is 2.50. The summed E-state index contributed by atoms with van der Waals surface area (Å²) >= 11 is 1.69. The SMILES string of the molecule is C#CCNC(=O)[C@H](CC1CC=CS1)NC(C)=O. The molecule has 0 aromatic heterocycles. The third-order valence-electron chi connectivity index (χ3n) is 2.32. The van der Waals surface area contributed by atoms with Crippen LogP contribution < -0.4 is 10.6 Å². The maximum absolute atomic E-state index is 11.8. The average Bonchev–Trinajstić information content (AvgIpc) is 2.77. The molecule has 4 nitrogen and oxygen atoms in total. The number of terminal acetylenes is 1. The maximum atomic E-state index is 11.8. The summed E-state index contributed by atoms with van der Waals surface area (Å²) < 4.78 is 0. The molecule has 0 radical (unpaired) electrons. The lowest BCUT2D eigenvalue weighted by Crippen LogP contribution is -2.47. The van der Waals surface area contributed by atoms with E-state index in [2.05, 4.69) is 22.6 Å². The monoisotopic (exact) mass is 252 g/mol. The summed E-state index contributed by atoms with van der Waals surface area (Å²) in [5, 5.41) is 7.62. The van der Waals surface area contributed by atoms with Crippen LogP contribution >= 0.6 is 11.8 Å². The molecule has 1 aliphatic heterocycles. The Hall–Kier alpha value is -1.41. The largest absolute Gasteiger partial charge is 0.345 e. The van der Waals surface area contributed by atoms with Gasteiger partial charge in [-0.3, -0.25) is 9.59 Å². The number of thioether (sulfide) groups is 1. The van der Waals surface area contributed by atoms with E-state index in [0.717, 1.165) is 6.42 Å². The molecule has 0 aliphatic carbocycles. The minimum Gasteiger partial charge on any atom is -0.345 e.